The average molecular weight is 208 g/mol. The van der Waals surface area contributed by atoms with Crippen LogP contribution in [0, 0.1) is 0 Å². The van der Waals surface area contributed by atoms with E-state index in [2.05, 4.69) is 29.7 Å². The first-order valence-electron chi connectivity index (χ1n) is 6.25. The zero-order chi connectivity index (χ0) is 10.8. The van der Waals surface area contributed by atoms with Crippen LogP contribution in [-0.2, 0) is 0 Å². The predicted octanol–water partition coefficient (Wildman–Crippen LogP) is 3.28. The molecule has 0 aromatic rings. The maximum Gasteiger partial charge on any atom is 0.0958 e. The topological polar surface area (TPSA) is 24.1 Å². The van der Waals surface area contributed by atoms with Crippen LogP contribution in [0.4, 0.5) is 0 Å². The monoisotopic (exact) mass is 208 g/mol. The van der Waals surface area contributed by atoms with Crippen LogP contribution in [0.25, 0.3) is 0 Å². The molecule has 0 spiro atoms. The lowest BCUT2D eigenvalue weighted by Gasteiger charge is -2.09. The first-order chi connectivity index (χ1) is 7.43. The fourth-order valence-corrected chi connectivity index (χ4v) is 1.73. The normalized spacial score (nSPS) is 15.8. The van der Waals surface area contributed by atoms with E-state index in [9.17, 15) is 0 Å². The third-order valence-electron chi connectivity index (χ3n) is 2.69. The Bertz CT molecular complexity index is 189. The molecule has 0 saturated carbocycles. The predicted molar refractivity (Wildman–Crippen MR) is 66.3 cm³/mol. The summed E-state index contributed by atoms with van der Waals surface area (Å²) in [5, 5.41) is 6.50. The minimum atomic E-state index is 0.453. The molecule has 0 bridgehead atoms. The Hall–Kier alpha value is -0.920. The molecule has 2 heteroatoms. The Morgan fingerprint density at radius 1 is 1.00 bits per heavy atom. The van der Waals surface area contributed by atoms with Gasteiger partial charge in [-0.2, -0.15) is 0 Å². The summed E-state index contributed by atoms with van der Waals surface area (Å²) in [5.74, 6) is 0. The maximum atomic E-state index is 3.25. The number of nitrogens with one attached hydrogen (secondary N) is 2. The van der Waals surface area contributed by atoms with Crippen molar-refractivity contribution < 1.29 is 0 Å². The van der Waals surface area contributed by atoms with Gasteiger partial charge in [-0.15, -0.1) is 0 Å². The Morgan fingerprint density at radius 2 is 1.73 bits per heavy atom. The summed E-state index contributed by atoms with van der Waals surface area (Å²) in [4.78, 5) is 0. The summed E-state index contributed by atoms with van der Waals surface area (Å²) < 4.78 is 0. The Kier molecular flexibility index (Phi) is 6.80. The van der Waals surface area contributed by atoms with Crippen LogP contribution in [0.15, 0.2) is 24.6 Å². The van der Waals surface area contributed by atoms with Gasteiger partial charge in [0.2, 0.25) is 0 Å². The minimum Gasteiger partial charge on any atom is -0.370 e. The van der Waals surface area contributed by atoms with E-state index in [1.165, 1.54) is 44.9 Å². The SMILES string of the molecule is CCCCCC/C=C/CCC1NC=CN1. The molecule has 0 amide bonds. The van der Waals surface area contributed by atoms with Crippen LogP contribution in [0.3, 0.4) is 0 Å². The molecule has 0 radical (unpaired) electrons. The van der Waals surface area contributed by atoms with Crippen molar-refractivity contribution in [3.05, 3.63) is 24.6 Å². The van der Waals surface area contributed by atoms with Crippen molar-refractivity contribution in [1.82, 2.24) is 10.6 Å². The fraction of sp³-hybridized carbons (Fsp3) is 0.692. The van der Waals surface area contributed by atoms with Crippen LogP contribution in [-0.4, -0.2) is 6.17 Å². The van der Waals surface area contributed by atoms with E-state index in [1.807, 2.05) is 12.4 Å². The Balaban J connectivity index is 1.84. The molecule has 86 valence electrons. The number of unbranched alkanes of at least 4 members (excludes halogenated alkanes) is 4. The highest BCUT2D eigenvalue weighted by Crippen LogP contribution is 2.04. The fourth-order valence-electron chi connectivity index (χ4n) is 1.73. The summed E-state index contributed by atoms with van der Waals surface area (Å²) >= 11 is 0. The molecule has 0 atom stereocenters. The third-order valence-corrected chi connectivity index (χ3v) is 2.69. The Morgan fingerprint density at radius 3 is 2.47 bits per heavy atom. The average Bonchev–Trinajstić information content (AvgIpc) is 2.75. The summed E-state index contributed by atoms with van der Waals surface area (Å²) in [6.45, 7) is 2.26. The highest BCUT2D eigenvalue weighted by atomic mass is 15.1. The lowest BCUT2D eigenvalue weighted by Crippen LogP contribution is -2.30. The molecule has 0 aromatic carbocycles. The second-order valence-corrected chi connectivity index (χ2v) is 4.12. The second kappa shape index (κ2) is 8.39. The van der Waals surface area contributed by atoms with Gasteiger partial charge in [-0.1, -0.05) is 38.3 Å². The Labute approximate surface area is 93.8 Å². The van der Waals surface area contributed by atoms with Crippen LogP contribution in [0.1, 0.15) is 51.9 Å². The van der Waals surface area contributed by atoms with Crippen LogP contribution in [0.5, 0.6) is 0 Å². The number of hydrogen-bond donors (Lipinski definition) is 2. The number of rotatable bonds is 8. The first kappa shape index (κ1) is 12.2. The van der Waals surface area contributed by atoms with E-state index < -0.39 is 0 Å². The van der Waals surface area contributed by atoms with Gasteiger partial charge in [0.15, 0.2) is 0 Å². The standard InChI is InChI=1S/C13H24N2/c1-2-3-4-5-6-7-8-9-10-13-14-11-12-15-13/h7-8,11-15H,2-6,9-10H2,1H3/b8-7+. The number of hydrogen-bond acceptors (Lipinski definition) is 2. The molecule has 0 fully saturated rings. The van der Waals surface area contributed by atoms with Gasteiger partial charge in [0, 0.05) is 12.4 Å². The highest BCUT2D eigenvalue weighted by molar-refractivity contribution is 4.92. The van der Waals surface area contributed by atoms with Gasteiger partial charge >= 0.3 is 0 Å². The van der Waals surface area contributed by atoms with E-state index in [1.54, 1.807) is 0 Å². The summed E-state index contributed by atoms with van der Waals surface area (Å²) in [7, 11) is 0. The van der Waals surface area contributed by atoms with Gasteiger partial charge < -0.3 is 10.6 Å². The molecule has 1 rings (SSSR count). The van der Waals surface area contributed by atoms with E-state index in [4.69, 9.17) is 0 Å². The van der Waals surface area contributed by atoms with Gasteiger partial charge in [0.05, 0.1) is 6.17 Å². The lowest BCUT2D eigenvalue weighted by molar-refractivity contribution is 0.532. The van der Waals surface area contributed by atoms with Crippen molar-refractivity contribution in [2.24, 2.45) is 0 Å². The van der Waals surface area contributed by atoms with Gasteiger partial charge in [0.1, 0.15) is 0 Å². The van der Waals surface area contributed by atoms with E-state index in [-0.39, 0.29) is 0 Å². The maximum absolute atomic E-state index is 3.25. The first-order valence-corrected chi connectivity index (χ1v) is 6.25. The van der Waals surface area contributed by atoms with E-state index in [0.717, 1.165) is 0 Å². The smallest absolute Gasteiger partial charge is 0.0958 e. The highest BCUT2D eigenvalue weighted by Gasteiger charge is 2.04. The molecule has 15 heavy (non-hydrogen) atoms. The molecule has 2 nitrogen and oxygen atoms in total. The van der Waals surface area contributed by atoms with Crippen LogP contribution < -0.4 is 10.6 Å². The van der Waals surface area contributed by atoms with Gasteiger partial charge in [-0.05, 0) is 25.7 Å². The van der Waals surface area contributed by atoms with Gasteiger partial charge in [-0.3, -0.25) is 0 Å². The van der Waals surface area contributed by atoms with Crippen molar-refractivity contribution >= 4 is 0 Å². The zero-order valence-corrected chi connectivity index (χ0v) is 9.84. The molecule has 2 N–H and O–H groups in total. The van der Waals surface area contributed by atoms with E-state index >= 15 is 0 Å². The van der Waals surface area contributed by atoms with Crippen molar-refractivity contribution in [2.75, 3.05) is 0 Å². The molecule has 0 unspecified atom stereocenters. The molecule has 0 aromatic heterocycles. The molecular formula is C13H24N2. The van der Waals surface area contributed by atoms with E-state index in [0.29, 0.717) is 6.17 Å². The molecule has 1 heterocycles. The van der Waals surface area contributed by atoms with Crippen molar-refractivity contribution in [3.63, 3.8) is 0 Å². The largest absolute Gasteiger partial charge is 0.370 e. The summed E-state index contributed by atoms with van der Waals surface area (Å²) in [5.41, 5.74) is 0. The molecule has 0 aliphatic carbocycles. The quantitative estimate of drug-likeness (QED) is 0.472. The van der Waals surface area contributed by atoms with Crippen LogP contribution in [0.2, 0.25) is 0 Å². The molecule has 1 aliphatic heterocycles. The molecule has 1 aliphatic rings. The summed E-state index contributed by atoms with van der Waals surface area (Å²) in [6, 6.07) is 0. The van der Waals surface area contributed by atoms with Crippen molar-refractivity contribution in [2.45, 2.75) is 58.0 Å². The van der Waals surface area contributed by atoms with Crippen molar-refractivity contribution in [1.29, 1.82) is 0 Å². The minimum absolute atomic E-state index is 0.453. The number of allylic oxidation sites excluding steroid dienone is 2. The molecule has 0 saturated heterocycles. The second-order valence-electron chi connectivity index (χ2n) is 4.12. The lowest BCUT2D eigenvalue weighted by atomic mass is 10.1. The van der Waals surface area contributed by atoms with Gasteiger partial charge in [-0.25, -0.2) is 0 Å². The van der Waals surface area contributed by atoms with Crippen molar-refractivity contribution in [3.8, 4) is 0 Å². The van der Waals surface area contributed by atoms with Gasteiger partial charge in [0.25, 0.3) is 0 Å². The van der Waals surface area contributed by atoms with Crippen LogP contribution >= 0.6 is 0 Å². The molecular weight excluding hydrogens is 184 g/mol. The zero-order valence-electron chi connectivity index (χ0n) is 9.84. The third kappa shape index (κ3) is 6.21. The summed E-state index contributed by atoms with van der Waals surface area (Å²) in [6.07, 6.45) is 18.1.